The second kappa shape index (κ2) is 12.7. The van der Waals surface area contributed by atoms with Crippen molar-refractivity contribution in [2.75, 3.05) is 45.6 Å². The monoisotopic (exact) mass is 507 g/mol. The van der Waals surface area contributed by atoms with Crippen LogP contribution in [0.5, 0.6) is 0 Å². The van der Waals surface area contributed by atoms with E-state index in [2.05, 4.69) is 19.2 Å². The average molecular weight is 509 g/mol. The molecule has 172 valence electrons. The molecule has 1 aromatic carbocycles. The van der Waals surface area contributed by atoms with E-state index in [9.17, 15) is 4.21 Å². The van der Waals surface area contributed by atoms with Gasteiger partial charge in [0.05, 0.1) is 18.0 Å². The lowest BCUT2D eigenvalue weighted by molar-refractivity contribution is 0.107. The Morgan fingerprint density at radius 1 is 1.03 bits per heavy atom. The minimum absolute atomic E-state index is 0. The number of fused-ring (bicyclic) bond motifs is 1. The number of aliphatic hydroxyl groups is 1. The summed E-state index contributed by atoms with van der Waals surface area (Å²) >= 11 is 0. The van der Waals surface area contributed by atoms with Crippen LogP contribution in [-0.4, -0.2) is 79.1 Å². The van der Waals surface area contributed by atoms with Crippen LogP contribution in [0.25, 0.3) is 17.0 Å². The number of imidazole rings is 1. The second-order valence-electron chi connectivity index (χ2n) is 7.02. The molecule has 1 unspecified atom stereocenters. The maximum Gasteiger partial charge on any atom is 0.234 e. The van der Waals surface area contributed by atoms with Crippen molar-refractivity contribution < 1.29 is 9.32 Å². The minimum atomic E-state index is -0.993. The highest BCUT2D eigenvalue weighted by Crippen LogP contribution is 2.26. The average Bonchev–Trinajstić information content (AvgIpc) is 3.08. The van der Waals surface area contributed by atoms with Gasteiger partial charge in [0.1, 0.15) is 0 Å². The molecule has 3 heterocycles. The highest BCUT2D eigenvalue weighted by molar-refractivity contribution is 7.84. The summed E-state index contributed by atoms with van der Waals surface area (Å²) in [4.78, 5) is 14.7. The van der Waals surface area contributed by atoms with Gasteiger partial charge in [-0.1, -0.05) is 12.1 Å². The van der Waals surface area contributed by atoms with Gasteiger partial charge in [-0.25, -0.2) is 9.97 Å². The number of rotatable bonds is 6. The lowest BCUT2D eigenvalue weighted by Crippen LogP contribution is -2.46. The lowest BCUT2D eigenvalue weighted by atomic mass is 10.1. The van der Waals surface area contributed by atoms with Crippen molar-refractivity contribution in [3.8, 4) is 11.3 Å². The van der Waals surface area contributed by atoms with Gasteiger partial charge in [-0.05, 0) is 18.2 Å². The molecule has 0 radical (unpaired) electrons. The normalized spacial score (nSPS) is 15.5. The molecule has 4 rings (SSSR count). The van der Waals surface area contributed by atoms with E-state index >= 15 is 0 Å². The molecule has 1 aliphatic rings. The Hall–Kier alpha value is -1.26. The predicted octanol–water partition coefficient (Wildman–Crippen LogP) is 2.51. The van der Waals surface area contributed by atoms with Crippen LogP contribution in [0.1, 0.15) is 5.69 Å². The van der Waals surface area contributed by atoms with Gasteiger partial charge in [-0.2, -0.15) is 0 Å². The number of nitrogens with zero attached hydrogens (tertiary/aromatic N) is 5. The highest BCUT2D eigenvalue weighted by atomic mass is 35.5. The summed E-state index contributed by atoms with van der Waals surface area (Å²) < 4.78 is 13.7. The van der Waals surface area contributed by atoms with Crippen LogP contribution in [0.3, 0.4) is 0 Å². The van der Waals surface area contributed by atoms with E-state index in [1.54, 1.807) is 12.5 Å². The molecule has 1 atom stereocenters. The van der Waals surface area contributed by atoms with Crippen molar-refractivity contribution in [2.45, 2.75) is 11.4 Å². The minimum Gasteiger partial charge on any atom is -0.395 e. The Morgan fingerprint density at radius 3 is 2.29 bits per heavy atom. The molecule has 0 amide bonds. The zero-order valence-corrected chi connectivity index (χ0v) is 20.5. The number of aromatic nitrogens is 3. The molecule has 1 saturated heterocycles. The van der Waals surface area contributed by atoms with Crippen molar-refractivity contribution in [3.05, 3.63) is 48.4 Å². The molecule has 31 heavy (non-hydrogen) atoms. The van der Waals surface area contributed by atoms with Gasteiger partial charge in [0, 0.05) is 79.2 Å². The first-order chi connectivity index (χ1) is 13.7. The molecule has 11 heteroatoms. The van der Waals surface area contributed by atoms with E-state index in [0.717, 1.165) is 61.1 Å². The van der Waals surface area contributed by atoms with Gasteiger partial charge in [-0.3, -0.25) is 18.4 Å². The second-order valence-corrected chi connectivity index (χ2v) is 8.40. The fourth-order valence-corrected chi connectivity index (χ4v) is 4.17. The Morgan fingerprint density at radius 2 is 1.68 bits per heavy atom. The summed E-state index contributed by atoms with van der Waals surface area (Å²) in [6, 6.07) is 9.70. The third-order valence-electron chi connectivity index (χ3n) is 5.22. The van der Waals surface area contributed by atoms with E-state index in [-0.39, 0.29) is 43.8 Å². The maximum absolute atomic E-state index is 11.7. The third-order valence-corrected chi connectivity index (χ3v) is 6.15. The van der Waals surface area contributed by atoms with E-state index in [1.165, 1.54) is 0 Å². The molecule has 0 bridgehead atoms. The Kier molecular flexibility index (Phi) is 11.4. The molecule has 7 nitrogen and oxygen atoms in total. The number of β-amino-alcohol motifs (C(OH)–C–C–N with tert-alkyl or cyclic N) is 1. The first kappa shape index (κ1) is 27.8. The van der Waals surface area contributed by atoms with Crippen molar-refractivity contribution >= 4 is 53.8 Å². The topological polar surface area (TPSA) is 74.0 Å². The molecule has 0 saturated carbocycles. The summed E-state index contributed by atoms with van der Waals surface area (Å²) in [5, 5.41) is 9.13. The smallest absolute Gasteiger partial charge is 0.234 e. The third kappa shape index (κ3) is 6.38. The van der Waals surface area contributed by atoms with E-state index < -0.39 is 10.8 Å². The van der Waals surface area contributed by atoms with Gasteiger partial charge < -0.3 is 5.11 Å². The molecular weight excluding hydrogens is 481 g/mol. The number of halogens is 3. The van der Waals surface area contributed by atoms with Gasteiger partial charge in [-0.15, -0.1) is 37.2 Å². The first-order valence-corrected chi connectivity index (χ1v) is 11.0. The van der Waals surface area contributed by atoms with Crippen molar-refractivity contribution in [1.82, 2.24) is 24.2 Å². The Labute approximate surface area is 203 Å². The number of hydrogen-bond acceptors (Lipinski definition) is 6. The quantitative estimate of drug-likeness (QED) is 0.551. The van der Waals surface area contributed by atoms with Gasteiger partial charge in [0.15, 0.2) is 0 Å². The van der Waals surface area contributed by atoms with E-state index in [0.29, 0.717) is 5.78 Å². The number of benzene rings is 1. The van der Waals surface area contributed by atoms with Crippen LogP contribution < -0.4 is 0 Å². The van der Waals surface area contributed by atoms with Gasteiger partial charge >= 0.3 is 0 Å². The van der Waals surface area contributed by atoms with Crippen LogP contribution in [-0.2, 0) is 17.3 Å². The fourth-order valence-electron chi connectivity index (χ4n) is 3.65. The first-order valence-electron chi connectivity index (χ1n) is 9.47. The molecule has 1 N–H and O–H groups in total. The molecule has 1 aliphatic heterocycles. The van der Waals surface area contributed by atoms with Crippen LogP contribution in [0, 0.1) is 0 Å². The van der Waals surface area contributed by atoms with E-state index in [4.69, 9.17) is 10.1 Å². The molecule has 0 aliphatic carbocycles. The standard InChI is InChI=1S/C20H25N5O2S.3ClH/c1-28(27)17-5-3-16(4-6-17)19-18(25-8-2-7-21-20(25)22-19)15-24-11-9-23(10-12-24)13-14-26;;;/h2-8,26H,9-15H2,1H3;3*1H. The summed E-state index contributed by atoms with van der Waals surface area (Å²) in [6.45, 7) is 5.58. The zero-order valence-electron chi connectivity index (χ0n) is 17.2. The van der Waals surface area contributed by atoms with Crippen LogP contribution >= 0.6 is 37.2 Å². The summed E-state index contributed by atoms with van der Waals surface area (Å²) in [5.41, 5.74) is 3.04. The van der Waals surface area contributed by atoms with Crippen molar-refractivity contribution in [1.29, 1.82) is 0 Å². The van der Waals surface area contributed by atoms with Crippen LogP contribution in [0.15, 0.2) is 47.6 Å². The molecule has 0 spiro atoms. The molecule has 2 aromatic heterocycles. The van der Waals surface area contributed by atoms with E-state index in [1.807, 2.05) is 36.5 Å². The molecule has 3 aromatic rings. The van der Waals surface area contributed by atoms with Crippen LogP contribution in [0.2, 0.25) is 0 Å². The van der Waals surface area contributed by atoms with Crippen molar-refractivity contribution in [3.63, 3.8) is 0 Å². The Bertz CT molecular complexity index is 979. The van der Waals surface area contributed by atoms with Crippen molar-refractivity contribution in [2.24, 2.45) is 0 Å². The summed E-state index contributed by atoms with van der Waals surface area (Å²) in [5.74, 6) is 0.689. The lowest BCUT2D eigenvalue weighted by Gasteiger charge is -2.34. The maximum atomic E-state index is 11.7. The van der Waals surface area contributed by atoms with Crippen LogP contribution in [0.4, 0.5) is 0 Å². The zero-order chi connectivity index (χ0) is 19.5. The molecule has 1 fully saturated rings. The number of hydrogen-bond donors (Lipinski definition) is 1. The summed E-state index contributed by atoms with van der Waals surface area (Å²) in [7, 11) is -0.993. The SMILES string of the molecule is CS(=O)c1ccc(-c2nc3ncccn3c2CN2CCN(CCO)CC2)cc1.Cl.Cl.Cl. The highest BCUT2D eigenvalue weighted by Gasteiger charge is 2.21. The molecular formula is C20H28Cl3N5O2S. The van der Waals surface area contributed by atoms with Gasteiger partial charge in [0.25, 0.3) is 0 Å². The fraction of sp³-hybridized carbons (Fsp3) is 0.400. The Balaban J connectivity index is 0.00000160. The predicted molar refractivity (Wildman–Crippen MR) is 131 cm³/mol. The number of aliphatic hydroxyl groups excluding tert-OH is 1. The summed E-state index contributed by atoms with van der Waals surface area (Å²) in [6.07, 6.45) is 5.45. The largest absolute Gasteiger partial charge is 0.395 e. The van der Waals surface area contributed by atoms with Gasteiger partial charge in [0.2, 0.25) is 5.78 Å². The number of piperazine rings is 1.